The van der Waals surface area contributed by atoms with E-state index in [1.54, 1.807) is 0 Å². The number of aromatic amines is 1. The molecule has 2 N–H and O–H groups in total. The number of rotatable bonds is 4. The minimum atomic E-state index is -0.860. The Morgan fingerprint density at radius 2 is 1.86 bits per heavy atom. The molecule has 0 fully saturated rings. The summed E-state index contributed by atoms with van der Waals surface area (Å²) in [7, 11) is 0. The Morgan fingerprint density at radius 1 is 1.05 bits per heavy atom. The van der Waals surface area contributed by atoms with Gasteiger partial charge in [0.25, 0.3) is 0 Å². The monoisotopic (exact) mass is 303 g/mol. The highest BCUT2D eigenvalue weighted by molar-refractivity contribution is 8.00. The van der Waals surface area contributed by atoms with Crippen molar-refractivity contribution >= 4 is 17.6 Å². The lowest BCUT2D eigenvalue weighted by atomic mass is 10.2. The fraction of sp³-hybridized carbons (Fsp3) is 0. The molecule has 0 radical (unpaired) electrons. The second-order valence-electron chi connectivity index (χ2n) is 4.29. The van der Waals surface area contributed by atoms with Gasteiger partial charge in [0, 0.05) is 16.8 Å². The Morgan fingerprint density at radius 3 is 2.62 bits per heavy atom. The van der Waals surface area contributed by atoms with Crippen molar-refractivity contribution in [2.24, 2.45) is 0 Å². The second kappa shape index (κ2) is 5.97. The summed E-state index contributed by atoms with van der Waals surface area (Å²) in [6.45, 7) is 0. The first-order valence-electron chi connectivity index (χ1n) is 6.21. The molecule has 21 heavy (non-hydrogen) atoms. The molecule has 0 aliphatic heterocycles. The highest BCUT2D eigenvalue weighted by Crippen LogP contribution is 2.26. The predicted octanol–water partition coefficient (Wildman–Crippen LogP) is 4.47. The molecule has 0 aliphatic rings. The lowest BCUT2D eigenvalue weighted by Crippen LogP contribution is -1.95. The van der Waals surface area contributed by atoms with Crippen LogP contribution in [0, 0.1) is 11.9 Å². The maximum Gasteiger partial charge on any atom is 0.239 e. The first-order valence-corrected chi connectivity index (χ1v) is 7.03. The third-order valence-corrected chi connectivity index (χ3v) is 3.63. The van der Waals surface area contributed by atoms with Crippen LogP contribution in [0.4, 0.5) is 14.5 Å². The first kappa shape index (κ1) is 13.6. The molecule has 0 spiro atoms. The van der Waals surface area contributed by atoms with Gasteiger partial charge in [0.15, 0.2) is 0 Å². The number of aromatic nitrogens is 2. The number of anilines is 1. The molecule has 0 aliphatic carbocycles. The van der Waals surface area contributed by atoms with Crippen LogP contribution in [0.2, 0.25) is 0 Å². The van der Waals surface area contributed by atoms with E-state index in [-0.39, 0.29) is 5.69 Å². The number of hydrogen-bond donors (Lipinski definition) is 2. The molecule has 2 heterocycles. The van der Waals surface area contributed by atoms with Gasteiger partial charge in [-0.1, -0.05) is 30.3 Å². The fourth-order valence-corrected chi connectivity index (χ4v) is 2.49. The summed E-state index contributed by atoms with van der Waals surface area (Å²) >= 11 is 1.23. The molecule has 6 heteroatoms. The molecular formula is C15H11F2N3S. The van der Waals surface area contributed by atoms with E-state index in [9.17, 15) is 8.78 Å². The Kier molecular flexibility index (Phi) is 3.87. The SMILES string of the molecule is Fc1ccc(NSc2c[nH]c(-c3ccccc3)c2)c(F)n1. The van der Waals surface area contributed by atoms with Crippen molar-refractivity contribution in [1.82, 2.24) is 9.97 Å². The van der Waals surface area contributed by atoms with E-state index in [1.165, 1.54) is 18.0 Å². The van der Waals surface area contributed by atoms with Crippen LogP contribution in [0.3, 0.4) is 0 Å². The van der Waals surface area contributed by atoms with Crippen molar-refractivity contribution in [3.8, 4) is 11.3 Å². The minimum Gasteiger partial charge on any atom is -0.360 e. The van der Waals surface area contributed by atoms with Crippen molar-refractivity contribution in [2.75, 3.05) is 4.72 Å². The number of nitrogens with zero attached hydrogens (tertiary/aromatic N) is 1. The Bertz CT molecular complexity index is 744. The van der Waals surface area contributed by atoms with Gasteiger partial charge < -0.3 is 9.71 Å². The quantitative estimate of drug-likeness (QED) is 0.552. The molecule has 3 rings (SSSR count). The summed E-state index contributed by atoms with van der Waals surface area (Å²) in [6.07, 6.45) is 1.81. The first-order chi connectivity index (χ1) is 10.2. The van der Waals surface area contributed by atoms with Crippen LogP contribution in [-0.4, -0.2) is 9.97 Å². The number of benzene rings is 1. The maximum absolute atomic E-state index is 13.4. The molecule has 106 valence electrons. The third kappa shape index (κ3) is 3.22. The number of pyridine rings is 1. The third-order valence-electron chi connectivity index (χ3n) is 2.83. The maximum atomic E-state index is 13.4. The van der Waals surface area contributed by atoms with Crippen LogP contribution >= 0.6 is 11.9 Å². The van der Waals surface area contributed by atoms with Gasteiger partial charge in [-0.25, -0.2) is 0 Å². The summed E-state index contributed by atoms with van der Waals surface area (Å²) in [4.78, 5) is 7.16. The smallest absolute Gasteiger partial charge is 0.239 e. The van der Waals surface area contributed by atoms with E-state index in [4.69, 9.17) is 0 Å². The molecule has 2 aromatic heterocycles. The standard InChI is InChI=1S/C15H11F2N3S/c16-14-7-6-12(15(17)19-14)20-21-11-8-13(18-9-11)10-4-2-1-3-5-10/h1-9,18,20H. The van der Waals surface area contributed by atoms with Crippen LogP contribution < -0.4 is 4.72 Å². The molecule has 0 unspecified atom stereocenters. The Balaban J connectivity index is 1.70. The average Bonchev–Trinajstić information content (AvgIpc) is 2.96. The van der Waals surface area contributed by atoms with Crippen LogP contribution in [0.5, 0.6) is 0 Å². The van der Waals surface area contributed by atoms with Crippen LogP contribution in [0.15, 0.2) is 59.6 Å². The molecule has 0 bridgehead atoms. The van der Waals surface area contributed by atoms with Gasteiger partial charge >= 0.3 is 0 Å². The molecule has 3 aromatic rings. The molecule has 0 amide bonds. The summed E-state index contributed by atoms with van der Waals surface area (Å²) in [5.74, 6) is -1.70. The number of halogens is 2. The summed E-state index contributed by atoms with van der Waals surface area (Å²) in [6, 6.07) is 14.2. The van der Waals surface area contributed by atoms with Gasteiger partial charge in [-0.15, -0.1) is 0 Å². The van der Waals surface area contributed by atoms with Gasteiger partial charge in [-0.3, -0.25) is 0 Å². The van der Waals surface area contributed by atoms with Crippen LogP contribution in [0.25, 0.3) is 11.3 Å². The van der Waals surface area contributed by atoms with Crippen molar-refractivity contribution in [3.05, 3.63) is 66.6 Å². The van der Waals surface area contributed by atoms with Gasteiger partial charge in [-0.05, 0) is 35.7 Å². The topological polar surface area (TPSA) is 40.7 Å². The van der Waals surface area contributed by atoms with E-state index >= 15 is 0 Å². The molecule has 0 saturated carbocycles. The van der Waals surface area contributed by atoms with Gasteiger partial charge in [0.1, 0.15) is 5.69 Å². The number of nitrogens with one attached hydrogen (secondary N) is 2. The highest BCUT2D eigenvalue weighted by atomic mass is 32.2. The number of hydrogen-bond acceptors (Lipinski definition) is 3. The minimum absolute atomic E-state index is 0.142. The van der Waals surface area contributed by atoms with E-state index in [0.717, 1.165) is 22.2 Å². The Hall–Kier alpha value is -2.34. The average molecular weight is 303 g/mol. The highest BCUT2D eigenvalue weighted by Gasteiger charge is 2.07. The van der Waals surface area contributed by atoms with E-state index in [0.29, 0.717) is 0 Å². The molecule has 0 saturated heterocycles. The Labute approximate surface area is 124 Å². The fourth-order valence-electron chi connectivity index (χ4n) is 1.82. The van der Waals surface area contributed by atoms with E-state index in [1.807, 2.05) is 42.6 Å². The summed E-state index contributed by atoms with van der Waals surface area (Å²) in [5, 5.41) is 0. The van der Waals surface area contributed by atoms with Crippen LogP contribution in [-0.2, 0) is 0 Å². The second-order valence-corrected chi connectivity index (χ2v) is 5.17. The van der Waals surface area contributed by atoms with Crippen molar-refractivity contribution in [3.63, 3.8) is 0 Å². The normalized spacial score (nSPS) is 10.6. The molecule has 3 nitrogen and oxygen atoms in total. The molecule has 1 aromatic carbocycles. The van der Waals surface area contributed by atoms with Crippen molar-refractivity contribution in [1.29, 1.82) is 0 Å². The molecule has 0 atom stereocenters. The van der Waals surface area contributed by atoms with Crippen molar-refractivity contribution in [2.45, 2.75) is 4.90 Å². The zero-order valence-electron chi connectivity index (χ0n) is 10.8. The van der Waals surface area contributed by atoms with E-state index in [2.05, 4.69) is 14.7 Å². The predicted molar refractivity (Wildman–Crippen MR) is 79.9 cm³/mol. The zero-order chi connectivity index (χ0) is 14.7. The lowest BCUT2D eigenvalue weighted by Gasteiger charge is -2.03. The largest absolute Gasteiger partial charge is 0.360 e. The van der Waals surface area contributed by atoms with Gasteiger partial charge in [-0.2, -0.15) is 13.8 Å². The molecular weight excluding hydrogens is 292 g/mol. The van der Waals surface area contributed by atoms with Crippen LogP contribution in [0.1, 0.15) is 0 Å². The van der Waals surface area contributed by atoms with Crippen molar-refractivity contribution < 1.29 is 8.78 Å². The number of H-pyrrole nitrogens is 1. The van der Waals surface area contributed by atoms with E-state index < -0.39 is 11.9 Å². The summed E-state index contributed by atoms with van der Waals surface area (Å²) < 4.78 is 28.9. The summed E-state index contributed by atoms with van der Waals surface area (Å²) in [5.41, 5.74) is 2.18. The zero-order valence-corrected chi connectivity index (χ0v) is 11.6. The lowest BCUT2D eigenvalue weighted by molar-refractivity contribution is 0.516. The van der Waals surface area contributed by atoms with Gasteiger partial charge in [0.05, 0.1) is 0 Å². The van der Waals surface area contributed by atoms with Gasteiger partial charge in [0.2, 0.25) is 11.9 Å².